The van der Waals surface area contributed by atoms with Crippen molar-refractivity contribution in [2.75, 3.05) is 5.43 Å². The molecule has 2 aromatic carbocycles. The number of nitrogens with zero attached hydrogens (tertiary/aromatic N) is 2. The van der Waals surface area contributed by atoms with E-state index in [-0.39, 0.29) is 5.91 Å². The van der Waals surface area contributed by atoms with Crippen LogP contribution in [0.5, 0.6) is 0 Å². The monoisotopic (exact) mass is 333 g/mol. The maximum absolute atomic E-state index is 12.2. The van der Waals surface area contributed by atoms with Gasteiger partial charge in [-0.2, -0.15) is 0 Å². The molecule has 0 atom stereocenters. The van der Waals surface area contributed by atoms with E-state index in [0.717, 1.165) is 23.9 Å². The second kappa shape index (κ2) is 7.09. The van der Waals surface area contributed by atoms with Gasteiger partial charge in [0.1, 0.15) is 6.33 Å². The normalized spacial score (nSPS) is 13.6. The maximum Gasteiger partial charge on any atom is 0.238 e. The molecule has 0 unspecified atom stereocenters. The van der Waals surface area contributed by atoms with Crippen molar-refractivity contribution in [2.24, 2.45) is 0 Å². The zero-order valence-corrected chi connectivity index (χ0v) is 14.4. The number of para-hydroxylation sites is 2. The molecule has 4 rings (SSSR count). The number of carbonyl (C=O) groups is 1. The van der Waals surface area contributed by atoms with Crippen molar-refractivity contribution in [3.05, 3.63) is 65.5 Å². The minimum absolute atomic E-state index is 0.0288. The molecule has 1 aliphatic rings. The quantitative estimate of drug-likeness (QED) is 0.767. The van der Waals surface area contributed by atoms with Gasteiger partial charge < -0.3 is 0 Å². The van der Waals surface area contributed by atoms with Gasteiger partial charge in [-0.3, -0.25) is 10.2 Å². The molecular formula is C21H23N3O. The molecule has 3 aromatic rings. The van der Waals surface area contributed by atoms with Gasteiger partial charge in [0.2, 0.25) is 5.91 Å². The molecule has 0 bridgehead atoms. The molecule has 0 aliphatic heterocycles. The van der Waals surface area contributed by atoms with Crippen LogP contribution in [0.3, 0.4) is 0 Å². The van der Waals surface area contributed by atoms with E-state index in [1.165, 1.54) is 42.4 Å². The van der Waals surface area contributed by atoms with Crippen LogP contribution in [-0.4, -0.2) is 15.6 Å². The Kier molecular flexibility index (Phi) is 4.51. The summed E-state index contributed by atoms with van der Waals surface area (Å²) in [7, 11) is 0. The van der Waals surface area contributed by atoms with Gasteiger partial charge in [0.05, 0.1) is 11.0 Å². The summed E-state index contributed by atoms with van der Waals surface area (Å²) in [4.78, 5) is 16.5. The zero-order chi connectivity index (χ0) is 17.1. The number of hydrogen-bond acceptors (Lipinski definition) is 2. The lowest BCUT2D eigenvalue weighted by atomic mass is 9.89. The smallest absolute Gasteiger partial charge is 0.238 e. The molecule has 128 valence electrons. The lowest BCUT2D eigenvalue weighted by molar-refractivity contribution is -0.117. The van der Waals surface area contributed by atoms with Gasteiger partial charge in [0.15, 0.2) is 0 Å². The Bertz CT molecular complexity index is 897. The van der Waals surface area contributed by atoms with Crippen LogP contribution in [0.15, 0.2) is 48.8 Å². The number of aryl methyl sites for hydroxylation is 3. The highest BCUT2D eigenvalue weighted by Crippen LogP contribution is 2.23. The van der Waals surface area contributed by atoms with Crippen LogP contribution < -0.4 is 5.43 Å². The van der Waals surface area contributed by atoms with Crippen molar-refractivity contribution < 1.29 is 4.79 Å². The van der Waals surface area contributed by atoms with Crippen molar-refractivity contribution in [3.8, 4) is 0 Å². The van der Waals surface area contributed by atoms with Crippen LogP contribution in [0.1, 0.15) is 42.4 Å². The lowest BCUT2D eigenvalue weighted by Gasteiger charge is -2.16. The number of aromatic nitrogens is 2. The average molecular weight is 333 g/mol. The first-order valence-corrected chi connectivity index (χ1v) is 9.12. The molecule has 4 nitrogen and oxygen atoms in total. The summed E-state index contributed by atoms with van der Waals surface area (Å²) in [5.74, 6) is 0.0288. The van der Waals surface area contributed by atoms with E-state index in [0.29, 0.717) is 6.42 Å². The Morgan fingerprint density at radius 3 is 2.84 bits per heavy atom. The number of rotatable bonds is 5. The lowest BCUT2D eigenvalue weighted by Crippen LogP contribution is -2.21. The summed E-state index contributed by atoms with van der Waals surface area (Å²) in [6, 6.07) is 14.6. The van der Waals surface area contributed by atoms with Gasteiger partial charge in [0.25, 0.3) is 0 Å². The molecule has 1 heterocycles. The van der Waals surface area contributed by atoms with Crippen molar-refractivity contribution >= 4 is 16.9 Å². The van der Waals surface area contributed by atoms with E-state index in [1.54, 1.807) is 11.0 Å². The highest BCUT2D eigenvalue weighted by atomic mass is 16.2. The Hall–Kier alpha value is -2.62. The van der Waals surface area contributed by atoms with Crippen molar-refractivity contribution in [1.29, 1.82) is 0 Å². The van der Waals surface area contributed by atoms with Gasteiger partial charge >= 0.3 is 0 Å². The van der Waals surface area contributed by atoms with Crippen LogP contribution in [0.4, 0.5) is 0 Å². The van der Waals surface area contributed by atoms with Gasteiger partial charge in [-0.15, -0.1) is 0 Å². The van der Waals surface area contributed by atoms with Crippen molar-refractivity contribution in [1.82, 2.24) is 9.66 Å². The molecule has 0 radical (unpaired) electrons. The Balaban J connectivity index is 1.32. The topological polar surface area (TPSA) is 46.9 Å². The van der Waals surface area contributed by atoms with Crippen molar-refractivity contribution in [2.45, 2.75) is 44.9 Å². The predicted molar refractivity (Wildman–Crippen MR) is 100 cm³/mol. The number of fused-ring (bicyclic) bond motifs is 2. The first kappa shape index (κ1) is 15.9. The third-order valence-corrected chi connectivity index (χ3v) is 4.98. The zero-order valence-electron chi connectivity index (χ0n) is 14.4. The molecule has 4 heteroatoms. The molecule has 0 fully saturated rings. The number of nitrogens with one attached hydrogen (secondary N) is 1. The van der Waals surface area contributed by atoms with Crippen LogP contribution >= 0.6 is 0 Å². The van der Waals surface area contributed by atoms with Crippen LogP contribution in [0.25, 0.3) is 11.0 Å². The van der Waals surface area contributed by atoms with Gasteiger partial charge in [-0.25, -0.2) is 9.66 Å². The van der Waals surface area contributed by atoms with E-state index in [4.69, 9.17) is 0 Å². The molecule has 0 saturated heterocycles. The second-order valence-corrected chi connectivity index (χ2v) is 6.80. The molecule has 1 aromatic heterocycles. The second-order valence-electron chi connectivity index (χ2n) is 6.80. The minimum Gasteiger partial charge on any atom is -0.273 e. The summed E-state index contributed by atoms with van der Waals surface area (Å²) in [5.41, 5.74) is 9.10. The van der Waals surface area contributed by atoms with E-state index < -0.39 is 0 Å². The Morgan fingerprint density at radius 2 is 1.92 bits per heavy atom. The fourth-order valence-corrected chi connectivity index (χ4v) is 3.63. The van der Waals surface area contributed by atoms with E-state index in [9.17, 15) is 4.79 Å². The number of imidazole rings is 1. The largest absolute Gasteiger partial charge is 0.273 e. The first-order chi connectivity index (χ1) is 12.3. The molecule has 0 saturated carbocycles. The fraction of sp³-hybridized carbons (Fsp3) is 0.333. The number of hydrogen-bond donors (Lipinski definition) is 1. The van der Waals surface area contributed by atoms with Gasteiger partial charge in [0, 0.05) is 6.42 Å². The first-order valence-electron chi connectivity index (χ1n) is 9.12. The van der Waals surface area contributed by atoms with Crippen LogP contribution in [0.2, 0.25) is 0 Å². The summed E-state index contributed by atoms with van der Waals surface area (Å²) >= 11 is 0. The molecular weight excluding hydrogens is 310 g/mol. The highest BCUT2D eigenvalue weighted by Gasteiger charge is 2.10. The number of carbonyl (C=O) groups excluding carboxylic acids is 1. The predicted octanol–water partition coefficient (Wildman–Crippen LogP) is 4.01. The third kappa shape index (κ3) is 3.58. The summed E-state index contributed by atoms with van der Waals surface area (Å²) < 4.78 is 1.70. The van der Waals surface area contributed by atoms with Crippen LogP contribution in [0, 0.1) is 0 Å². The molecule has 1 N–H and O–H groups in total. The van der Waals surface area contributed by atoms with Crippen LogP contribution in [-0.2, 0) is 24.1 Å². The average Bonchev–Trinajstić information content (AvgIpc) is 3.05. The summed E-state index contributed by atoms with van der Waals surface area (Å²) in [6.07, 6.45) is 9.03. The minimum atomic E-state index is 0.0288. The molecule has 1 amide bonds. The standard InChI is InChI=1S/C21H23N3O/c25-21(23-24-15-22-19-9-3-4-10-20(19)24)11-5-6-16-12-13-17-7-1-2-8-18(17)14-16/h3-4,9-10,12-15H,1-2,5-8,11H2,(H,23,25). The van der Waals surface area contributed by atoms with E-state index >= 15 is 0 Å². The summed E-state index contributed by atoms with van der Waals surface area (Å²) in [6.45, 7) is 0. The molecule has 25 heavy (non-hydrogen) atoms. The number of benzene rings is 2. The number of amides is 1. The van der Waals surface area contributed by atoms with E-state index in [1.807, 2.05) is 24.3 Å². The molecule has 1 aliphatic carbocycles. The third-order valence-electron chi connectivity index (χ3n) is 4.98. The molecule has 0 spiro atoms. The van der Waals surface area contributed by atoms with Gasteiger partial charge in [-0.05, 0) is 67.3 Å². The SMILES string of the molecule is O=C(CCCc1ccc2c(c1)CCCC2)Nn1cnc2ccccc21. The highest BCUT2D eigenvalue weighted by molar-refractivity contribution is 5.86. The maximum atomic E-state index is 12.2. The van der Waals surface area contributed by atoms with E-state index in [2.05, 4.69) is 28.6 Å². The van der Waals surface area contributed by atoms with Crippen molar-refractivity contribution in [3.63, 3.8) is 0 Å². The Labute approximate surface area is 147 Å². The summed E-state index contributed by atoms with van der Waals surface area (Å²) in [5, 5.41) is 0. The Morgan fingerprint density at radius 1 is 1.08 bits per heavy atom. The fourth-order valence-electron chi connectivity index (χ4n) is 3.63. The van der Waals surface area contributed by atoms with Gasteiger partial charge in [-0.1, -0.05) is 30.3 Å².